The molecule has 1 aliphatic rings. The van der Waals surface area contributed by atoms with Crippen LogP contribution in [-0.2, 0) is 18.3 Å². The first kappa shape index (κ1) is 17.1. The van der Waals surface area contributed by atoms with Gasteiger partial charge in [0, 0.05) is 30.6 Å². The summed E-state index contributed by atoms with van der Waals surface area (Å²) in [7, 11) is 1.58. The molecule has 7 heteroatoms. The molecule has 7 nitrogen and oxygen atoms in total. The van der Waals surface area contributed by atoms with Crippen molar-refractivity contribution in [3.63, 3.8) is 0 Å². The van der Waals surface area contributed by atoms with Crippen LogP contribution in [-0.4, -0.2) is 28.9 Å². The molecular weight excluding hydrogens is 346 g/mol. The number of hydrogen-bond donors (Lipinski definition) is 1. The molecule has 0 saturated carbocycles. The summed E-state index contributed by atoms with van der Waals surface area (Å²) >= 11 is 0. The third kappa shape index (κ3) is 3.48. The van der Waals surface area contributed by atoms with Crippen LogP contribution in [0.5, 0.6) is 11.5 Å². The molecule has 1 aliphatic heterocycles. The fraction of sp³-hybridized carbons (Fsp3) is 0.250. The normalized spacial score (nSPS) is 13.2. The predicted octanol–water partition coefficient (Wildman–Crippen LogP) is 2.28. The fourth-order valence-corrected chi connectivity index (χ4v) is 3.10. The summed E-state index contributed by atoms with van der Waals surface area (Å²) in [4.78, 5) is 24.7. The van der Waals surface area contributed by atoms with Gasteiger partial charge in [0.25, 0.3) is 5.56 Å². The van der Waals surface area contributed by atoms with E-state index in [1.54, 1.807) is 43.4 Å². The lowest BCUT2D eigenvalue weighted by Crippen LogP contribution is -2.24. The number of aromatic nitrogens is 2. The van der Waals surface area contributed by atoms with E-state index in [4.69, 9.17) is 9.47 Å². The second kappa shape index (κ2) is 7.11. The molecule has 138 valence electrons. The smallest absolute Gasteiger partial charge is 0.274 e. The minimum atomic E-state index is -0.221. The molecule has 1 amide bonds. The molecule has 0 bridgehead atoms. The topological polar surface area (TPSA) is 82.5 Å². The molecule has 1 N–H and O–H groups in total. The SMILES string of the molecule is Cn1nc(CC(=O)Nc2ccc3c(c2)OCCCO3)c2ccccc2c1=O. The van der Waals surface area contributed by atoms with Gasteiger partial charge in [0.2, 0.25) is 5.91 Å². The Balaban J connectivity index is 1.57. The van der Waals surface area contributed by atoms with Crippen LogP contribution in [0, 0.1) is 0 Å². The van der Waals surface area contributed by atoms with Crippen LogP contribution in [0.4, 0.5) is 5.69 Å². The molecule has 2 aromatic carbocycles. The number of carbonyl (C=O) groups is 1. The Morgan fingerprint density at radius 3 is 2.67 bits per heavy atom. The van der Waals surface area contributed by atoms with Crippen molar-refractivity contribution < 1.29 is 14.3 Å². The van der Waals surface area contributed by atoms with Gasteiger partial charge in [-0.05, 0) is 18.2 Å². The van der Waals surface area contributed by atoms with Crippen LogP contribution >= 0.6 is 0 Å². The van der Waals surface area contributed by atoms with E-state index in [9.17, 15) is 9.59 Å². The quantitative estimate of drug-likeness (QED) is 0.770. The van der Waals surface area contributed by atoms with Crippen molar-refractivity contribution in [3.05, 3.63) is 58.5 Å². The molecule has 1 aromatic heterocycles. The summed E-state index contributed by atoms with van der Waals surface area (Å²) < 4.78 is 12.5. The minimum absolute atomic E-state index is 0.0586. The third-order valence-corrected chi connectivity index (χ3v) is 4.39. The number of fused-ring (bicyclic) bond motifs is 2. The molecule has 27 heavy (non-hydrogen) atoms. The van der Waals surface area contributed by atoms with Gasteiger partial charge in [-0.25, -0.2) is 4.68 Å². The van der Waals surface area contributed by atoms with Crippen LogP contribution in [0.15, 0.2) is 47.3 Å². The van der Waals surface area contributed by atoms with E-state index in [-0.39, 0.29) is 17.9 Å². The number of carbonyl (C=O) groups excluding carboxylic acids is 1. The van der Waals surface area contributed by atoms with Gasteiger partial charge in [-0.2, -0.15) is 5.10 Å². The number of rotatable bonds is 3. The molecule has 0 fully saturated rings. The Morgan fingerprint density at radius 1 is 1.11 bits per heavy atom. The molecule has 0 atom stereocenters. The van der Waals surface area contributed by atoms with E-state index < -0.39 is 0 Å². The van der Waals surface area contributed by atoms with Crippen molar-refractivity contribution in [2.45, 2.75) is 12.8 Å². The summed E-state index contributed by atoms with van der Waals surface area (Å²) in [6.07, 6.45) is 0.880. The maximum absolute atomic E-state index is 12.5. The summed E-state index contributed by atoms with van der Waals surface area (Å²) in [5.41, 5.74) is 0.996. The van der Waals surface area contributed by atoms with E-state index in [1.165, 1.54) is 4.68 Å². The summed E-state index contributed by atoms with van der Waals surface area (Å²) in [6.45, 7) is 1.20. The highest BCUT2D eigenvalue weighted by atomic mass is 16.5. The number of ether oxygens (including phenoxy) is 2. The van der Waals surface area contributed by atoms with Gasteiger partial charge in [0.15, 0.2) is 11.5 Å². The fourth-order valence-electron chi connectivity index (χ4n) is 3.10. The van der Waals surface area contributed by atoms with Gasteiger partial charge in [-0.3, -0.25) is 9.59 Å². The highest BCUT2D eigenvalue weighted by Gasteiger charge is 2.15. The molecule has 0 saturated heterocycles. The largest absolute Gasteiger partial charge is 0.490 e. The summed E-state index contributed by atoms with van der Waals surface area (Å²) in [6, 6.07) is 12.5. The van der Waals surface area contributed by atoms with E-state index in [1.807, 2.05) is 6.07 Å². The molecule has 2 heterocycles. The summed E-state index contributed by atoms with van der Waals surface area (Å²) in [5, 5.41) is 8.36. The van der Waals surface area contributed by atoms with Crippen LogP contribution in [0.25, 0.3) is 10.8 Å². The number of nitrogens with one attached hydrogen (secondary N) is 1. The van der Waals surface area contributed by atoms with Crippen molar-refractivity contribution in [1.29, 1.82) is 0 Å². The lowest BCUT2D eigenvalue weighted by atomic mass is 10.1. The van der Waals surface area contributed by atoms with Crippen molar-refractivity contribution in [2.75, 3.05) is 18.5 Å². The van der Waals surface area contributed by atoms with Gasteiger partial charge in [-0.15, -0.1) is 0 Å². The molecule has 0 aliphatic carbocycles. The van der Waals surface area contributed by atoms with E-state index in [0.29, 0.717) is 46.9 Å². The Labute approximate surface area is 155 Å². The average Bonchev–Trinajstić information content (AvgIpc) is 2.91. The third-order valence-electron chi connectivity index (χ3n) is 4.39. The van der Waals surface area contributed by atoms with Gasteiger partial charge >= 0.3 is 0 Å². The first-order chi connectivity index (χ1) is 13.1. The number of anilines is 1. The van der Waals surface area contributed by atoms with Gasteiger partial charge in [0.1, 0.15) is 0 Å². The Morgan fingerprint density at radius 2 is 1.85 bits per heavy atom. The van der Waals surface area contributed by atoms with Crippen molar-refractivity contribution in [1.82, 2.24) is 9.78 Å². The zero-order valence-corrected chi connectivity index (χ0v) is 14.9. The van der Waals surface area contributed by atoms with Crippen LogP contribution < -0.4 is 20.3 Å². The van der Waals surface area contributed by atoms with Gasteiger partial charge < -0.3 is 14.8 Å². The zero-order chi connectivity index (χ0) is 18.8. The number of benzene rings is 2. The molecule has 0 spiro atoms. The van der Waals surface area contributed by atoms with Crippen molar-refractivity contribution in [2.24, 2.45) is 7.05 Å². The number of hydrogen-bond acceptors (Lipinski definition) is 5. The van der Waals surface area contributed by atoms with Crippen molar-refractivity contribution >= 4 is 22.4 Å². The van der Waals surface area contributed by atoms with E-state index in [0.717, 1.165) is 6.42 Å². The number of amides is 1. The average molecular weight is 365 g/mol. The summed E-state index contributed by atoms with van der Waals surface area (Å²) in [5.74, 6) is 1.08. The Hall–Kier alpha value is -3.35. The monoisotopic (exact) mass is 365 g/mol. The second-order valence-electron chi connectivity index (χ2n) is 6.36. The zero-order valence-electron chi connectivity index (χ0n) is 14.9. The molecule has 0 radical (unpaired) electrons. The molecular formula is C20H19N3O4. The number of nitrogens with zero attached hydrogens (tertiary/aromatic N) is 2. The van der Waals surface area contributed by atoms with E-state index >= 15 is 0 Å². The number of aryl methyl sites for hydroxylation is 1. The maximum atomic E-state index is 12.5. The Kier molecular flexibility index (Phi) is 4.50. The second-order valence-corrected chi connectivity index (χ2v) is 6.36. The van der Waals surface area contributed by atoms with Crippen LogP contribution in [0.2, 0.25) is 0 Å². The molecule has 3 aromatic rings. The molecule has 4 rings (SSSR count). The van der Waals surface area contributed by atoms with E-state index in [2.05, 4.69) is 10.4 Å². The lowest BCUT2D eigenvalue weighted by Gasteiger charge is -2.11. The van der Waals surface area contributed by atoms with Crippen LogP contribution in [0.1, 0.15) is 12.1 Å². The first-order valence-electron chi connectivity index (χ1n) is 8.76. The minimum Gasteiger partial charge on any atom is -0.490 e. The highest BCUT2D eigenvalue weighted by Crippen LogP contribution is 2.32. The maximum Gasteiger partial charge on any atom is 0.274 e. The predicted molar refractivity (Wildman–Crippen MR) is 101 cm³/mol. The van der Waals surface area contributed by atoms with Crippen LogP contribution in [0.3, 0.4) is 0 Å². The lowest BCUT2D eigenvalue weighted by molar-refractivity contribution is -0.115. The van der Waals surface area contributed by atoms with Gasteiger partial charge in [-0.1, -0.05) is 18.2 Å². The highest BCUT2D eigenvalue weighted by molar-refractivity contribution is 5.95. The standard InChI is InChI=1S/C20H19N3O4/c1-23-20(25)15-6-3-2-5-14(15)16(22-23)12-19(24)21-13-7-8-17-18(11-13)27-10-4-9-26-17/h2-3,5-8,11H,4,9-10,12H2,1H3,(H,21,24). The first-order valence-corrected chi connectivity index (χ1v) is 8.76. The van der Waals surface area contributed by atoms with Gasteiger partial charge in [0.05, 0.1) is 30.7 Å². The van der Waals surface area contributed by atoms with Crippen molar-refractivity contribution in [3.8, 4) is 11.5 Å². The molecule has 0 unspecified atom stereocenters. The Bertz CT molecular complexity index is 1070.